The Bertz CT molecular complexity index is 641. The van der Waals surface area contributed by atoms with E-state index in [1.807, 2.05) is 23.1 Å². The highest BCUT2D eigenvalue weighted by molar-refractivity contribution is 7.10. The number of rotatable bonds is 6. The molecule has 23 heavy (non-hydrogen) atoms. The number of nitrogens with zero attached hydrogens (tertiary/aromatic N) is 2. The molecule has 0 spiro atoms. The van der Waals surface area contributed by atoms with Crippen molar-refractivity contribution in [2.45, 2.75) is 19.5 Å². The fourth-order valence-corrected chi connectivity index (χ4v) is 3.88. The second-order valence-corrected chi connectivity index (χ2v) is 6.92. The molecule has 2 aromatic rings. The van der Waals surface area contributed by atoms with Gasteiger partial charge in [0.2, 0.25) is 5.91 Å². The number of carbonyl (C=O) groups is 1. The molecule has 0 radical (unpaired) electrons. The van der Waals surface area contributed by atoms with E-state index < -0.39 is 0 Å². The Kier molecular flexibility index (Phi) is 5.43. The molecule has 3 rings (SSSR count). The Hall–Kier alpha value is -1.69. The summed E-state index contributed by atoms with van der Waals surface area (Å²) in [5, 5.41) is 2.12. The van der Waals surface area contributed by atoms with Crippen LogP contribution >= 0.6 is 11.3 Å². The molecule has 5 heteroatoms. The zero-order valence-electron chi connectivity index (χ0n) is 13.3. The quantitative estimate of drug-likeness (QED) is 0.883. The van der Waals surface area contributed by atoms with Gasteiger partial charge in [0.15, 0.2) is 0 Å². The van der Waals surface area contributed by atoms with E-state index in [9.17, 15) is 4.79 Å². The molecule has 0 unspecified atom stereocenters. The van der Waals surface area contributed by atoms with E-state index in [0.717, 1.165) is 32.6 Å². The van der Waals surface area contributed by atoms with Crippen LogP contribution in [-0.2, 0) is 24.3 Å². The average molecular weight is 329 g/mol. The standard InChI is InChI=1S/C18H23N3OS/c19-8-10-20(12-15-4-2-1-3-5-15)14-18(22)21-9-6-17-16(13-21)7-11-23-17/h1-5,7,11H,6,8-10,12-14,19H2. The molecule has 2 heterocycles. The summed E-state index contributed by atoms with van der Waals surface area (Å²) in [4.78, 5) is 18.2. The van der Waals surface area contributed by atoms with Gasteiger partial charge in [-0.25, -0.2) is 0 Å². The van der Waals surface area contributed by atoms with Crippen molar-refractivity contribution in [1.29, 1.82) is 0 Å². The molecule has 0 aliphatic carbocycles. The summed E-state index contributed by atoms with van der Waals surface area (Å²) in [6, 6.07) is 12.4. The lowest BCUT2D eigenvalue weighted by Crippen LogP contribution is -2.43. The van der Waals surface area contributed by atoms with Crippen LogP contribution in [0.15, 0.2) is 41.8 Å². The van der Waals surface area contributed by atoms with Gasteiger partial charge in [-0.3, -0.25) is 9.69 Å². The molecular formula is C18H23N3OS. The second kappa shape index (κ2) is 7.73. The van der Waals surface area contributed by atoms with E-state index in [1.54, 1.807) is 11.3 Å². The molecule has 2 N–H and O–H groups in total. The van der Waals surface area contributed by atoms with Crippen molar-refractivity contribution < 1.29 is 4.79 Å². The van der Waals surface area contributed by atoms with Crippen molar-refractivity contribution in [1.82, 2.24) is 9.80 Å². The molecule has 1 aromatic heterocycles. The summed E-state index contributed by atoms with van der Waals surface area (Å²) in [5.41, 5.74) is 8.25. The van der Waals surface area contributed by atoms with Crippen molar-refractivity contribution in [3.63, 3.8) is 0 Å². The van der Waals surface area contributed by atoms with Gasteiger partial charge < -0.3 is 10.6 Å². The van der Waals surface area contributed by atoms with Crippen LogP contribution < -0.4 is 5.73 Å². The first-order valence-electron chi connectivity index (χ1n) is 8.05. The Morgan fingerprint density at radius 3 is 2.87 bits per heavy atom. The number of carbonyl (C=O) groups excluding carboxylic acids is 1. The molecule has 1 aromatic carbocycles. The SMILES string of the molecule is NCCN(CC(=O)N1CCc2sccc2C1)Cc1ccccc1. The fraction of sp³-hybridized carbons (Fsp3) is 0.389. The second-order valence-electron chi connectivity index (χ2n) is 5.92. The molecule has 4 nitrogen and oxygen atoms in total. The number of hydrogen-bond donors (Lipinski definition) is 1. The van der Waals surface area contributed by atoms with E-state index in [0.29, 0.717) is 13.1 Å². The highest BCUT2D eigenvalue weighted by Crippen LogP contribution is 2.24. The Labute approximate surface area is 141 Å². The largest absolute Gasteiger partial charge is 0.337 e. The highest BCUT2D eigenvalue weighted by atomic mass is 32.1. The minimum absolute atomic E-state index is 0.200. The number of hydrogen-bond acceptors (Lipinski definition) is 4. The molecule has 1 amide bonds. The zero-order chi connectivity index (χ0) is 16.1. The van der Waals surface area contributed by atoms with Gasteiger partial charge in [0.25, 0.3) is 0 Å². The van der Waals surface area contributed by atoms with Crippen molar-refractivity contribution in [2.24, 2.45) is 5.73 Å². The first-order chi connectivity index (χ1) is 11.3. The first-order valence-corrected chi connectivity index (χ1v) is 8.93. The molecule has 0 saturated heterocycles. The van der Waals surface area contributed by atoms with Crippen LogP contribution in [0, 0.1) is 0 Å². The van der Waals surface area contributed by atoms with E-state index in [4.69, 9.17) is 5.73 Å². The number of benzene rings is 1. The third-order valence-corrected chi connectivity index (χ3v) is 5.24. The van der Waals surface area contributed by atoms with Gasteiger partial charge in [-0.2, -0.15) is 0 Å². The van der Waals surface area contributed by atoms with Gasteiger partial charge in [-0.1, -0.05) is 30.3 Å². The maximum Gasteiger partial charge on any atom is 0.237 e. The number of thiophene rings is 1. The normalized spacial score (nSPS) is 14.1. The van der Waals surface area contributed by atoms with Crippen molar-refractivity contribution in [3.05, 3.63) is 57.8 Å². The number of nitrogens with two attached hydrogens (primary N) is 1. The third-order valence-electron chi connectivity index (χ3n) is 4.21. The van der Waals surface area contributed by atoms with Crippen LogP contribution in [0.1, 0.15) is 16.0 Å². The summed E-state index contributed by atoms with van der Waals surface area (Å²) < 4.78 is 0. The average Bonchev–Trinajstić information content (AvgIpc) is 3.03. The summed E-state index contributed by atoms with van der Waals surface area (Å²) >= 11 is 1.80. The maximum absolute atomic E-state index is 12.7. The summed E-state index contributed by atoms with van der Waals surface area (Å²) in [5.74, 6) is 0.200. The lowest BCUT2D eigenvalue weighted by molar-refractivity contribution is -0.133. The maximum atomic E-state index is 12.7. The van der Waals surface area contributed by atoms with Crippen LogP contribution in [-0.4, -0.2) is 41.9 Å². The van der Waals surface area contributed by atoms with Crippen LogP contribution in [0.4, 0.5) is 0 Å². The van der Waals surface area contributed by atoms with Crippen LogP contribution in [0.25, 0.3) is 0 Å². The van der Waals surface area contributed by atoms with E-state index in [1.165, 1.54) is 16.0 Å². The molecular weight excluding hydrogens is 306 g/mol. The van der Waals surface area contributed by atoms with Gasteiger partial charge >= 0.3 is 0 Å². The Balaban J connectivity index is 1.60. The molecule has 1 aliphatic heterocycles. The topological polar surface area (TPSA) is 49.6 Å². The van der Waals surface area contributed by atoms with E-state index in [-0.39, 0.29) is 5.91 Å². The lowest BCUT2D eigenvalue weighted by Gasteiger charge is -2.30. The predicted octanol–water partition coefficient (Wildman–Crippen LogP) is 2.09. The zero-order valence-corrected chi connectivity index (χ0v) is 14.1. The smallest absolute Gasteiger partial charge is 0.237 e. The Morgan fingerprint density at radius 2 is 2.09 bits per heavy atom. The number of fused-ring (bicyclic) bond motifs is 1. The summed E-state index contributed by atoms with van der Waals surface area (Å²) in [6.45, 7) is 4.08. The fourth-order valence-electron chi connectivity index (χ4n) is 2.99. The molecule has 1 aliphatic rings. The van der Waals surface area contributed by atoms with E-state index in [2.05, 4.69) is 28.5 Å². The van der Waals surface area contributed by atoms with E-state index >= 15 is 0 Å². The van der Waals surface area contributed by atoms with Gasteiger partial charge in [0, 0.05) is 37.6 Å². The highest BCUT2D eigenvalue weighted by Gasteiger charge is 2.22. The van der Waals surface area contributed by atoms with Crippen LogP contribution in [0.3, 0.4) is 0 Å². The molecule has 0 saturated carbocycles. The number of amides is 1. The third kappa shape index (κ3) is 4.19. The van der Waals surface area contributed by atoms with Gasteiger partial charge in [0.1, 0.15) is 0 Å². The van der Waals surface area contributed by atoms with Gasteiger partial charge in [-0.05, 0) is 29.0 Å². The van der Waals surface area contributed by atoms with Crippen molar-refractivity contribution in [2.75, 3.05) is 26.2 Å². The van der Waals surface area contributed by atoms with Gasteiger partial charge in [-0.15, -0.1) is 11.3 Å². The predicted molar refractivity (Wildman–Crippen MR) is 94.2 cm³/mol. The van der Waals surface area contributed by atoms with Crippen molar-refractivity contribution >= 4 is 17.2 Å². The summed E-state index contributed by atoms with van der Waals surface area (Å²) in [7, 11) is 0. The lowest BCUT2D eigenvalue weighted by atomic mass is 10.1. The van der Waals surface area contributed by atoms with Gasteiger partial charge in [0.05, 0.1) is 6.54 Å². The molecule has 0 fully saturated rings. The van der Waals surface area contributed by atoms with Crippen LogP contribution in [0.2, 0.25) is 0 Å². The first kappa shape index (κ1) is 16.2. The molecule has 0 bridgehead atoms. The minimum atomic E-state index is 0.200. The Morgan fingerprint density at radius 1 is 1.26 bits per heavy atom. The minimum Gasteiger partial charge on any atom is -0.337 e. The van der Waals surface area contributed by atoms with Crippen molar-refractivity contribution in [3.8, 4) is 0 Å². The molecule has 0 atom stereocenters. The molecule has 122 valence electrons. The summed E-state index contributed by atoms with van der Waals surface area (Å²) in [6.07, 6.45) is 0.980. The monoisotopic (exact) mass is 329 g/mol. The van der Waals surface area contributed by atoms with Crippen LogP contribution in [0.5, 0.6) is 0 Å².